The molecular formula is C28H32FN3O4S. The number of thiazole rings is 1. The number of hydrogen-bond donors (Lipinski definition) is 1. The van der Waals surface area contributed by atoms with Crippen LogP contribution >= 0.6 is 11.3 Å². The van der Waals surface area contributed by atoms with Gasteiger partial charge in [-0.05, 0) is 53.3 Å². The fourth-order valence-electron chi connectivity index (χ4n) is 4.41. The van der Waals surface area contributed by atoms with Gasteiger partial charge in [0.05, 0.1) is 12.6 Å². The van der Waals surface area contributed by atoms with Crippen LogP contribution in [0.1, 0.15) is 58.5 Å². The summed E-state index contributed by atoms with van der Waals surface area (Å²) in [5.41, 5.74) is 3.32. The summed E-state index contributed by atoms with van der Waals surface area (Å²) >= 11 is 1.36. The average molecular weight is 526 g/mol. The highest BCUT2D eigenvalue weighted by molar-refractivity contribution is 7.09. The Morgan fingerprint density at radius 3 is 2.73 bits per heavy atom. The van der Waals surface area contributed by atoms with Crippen LogP contribution in [0.5, 0.6) is 5.75 Å². The number of rotatable bonds is 10. The van der Waals surface area contributed by atoms with Crippen molar-refractivity contribution in [3.8, 4) is 5.75 Å². The van der Waals surface area contributed by atoms with Crippen molar-refractivity contribution in [1.29, 1.82) is 0 Å². The first-order valence-corrected chi connectivity index (χ1v) is 13.3. The van der Waals surface area contributed by atoms with E-state index < -0.39 is 0 Å². The summed E-state index contributed by atoms with van der Waals surface area (Å²) in [6.45, 7) is 5.73. The van der Waals surface area contributed by atoms with E-state index in [0.717, 1.165) is 23.1 Å². The molecule has 1 aliphatic rings. The SMILES string of the molecule is COCCNC(=O)c1csc(COc2ccc3c(c2)C(c2ccc(F)cc2)N(C(=O)CC(C)C)CC3)n1. The van der Waals surface area contributed by atoms with E-state index in [1.807, 2.05) is 36.9 Å². The third-order valence-electron chi connectivity index (χ3n) is 6.17. The molecule has 0 bridgehead atoms. The van der Waals surface area contributed by atoms with Crippen molar-refractivity contribution in [1.82, 2.24) is 15.2 Å². The number of ether oxygens (including phenoxy) is 2. The maximum absolute atomic E-state index is 13.7. The first-order valence-electron chi connectivity index (χ1n) is 12.4. The second-order valence-corrected chi connectivity index (χ2v) is 10.4. The van der Waals surface area contributed by atoms with Crippen molar-refractivity contribution < 1.29 is 23.5 Å². The lowest BCUT2D eigenvalue weighted by Gasteiger charge is -2.38. The molecule has 9 heteroatoms. The van der Waals surface area contributed by atoms with E-state index in [-0.39, 0.29) is 36.2 Å². The van der Waals surface area contributed by atoms with Crippen LogP contribution in [0.2, 0.25) is 0 Å². The van der Waals surface area contributed by atoms with Crippen LogP contribution in [-0.2, 0) is 22.6 Å². The molecule has 0 saturated carbocycles. The van der Waals surface area contributed by atoms with Gasteiger partial charge >= 0.3 is 0 Å². The fourth-order valence-corrected chi connectivity index (χ4v) is 5.09. The first kappa shape index (κ1) is 26.8. The van der Waals surface area contributed by atoms with Crippen molar-refractivity contribution in [2.24, 2.45) is 5.92 Å². The zero-order chi connectivity index (χ0) is 26.4. The van der Waals surface area contributed by atoms with E-state index in [1.165, 1.54) is 23.5 Å². The number of halogens is 1. The molecule has 4 rings (SSSR count). The molecule has 1 N–H and O–H groups in total. The molecule has 0 fully saturated rings. The molecule has 0 aliphatic carbocycles. The standard InChI is InChI=1S/C28H32FN3O4S/c1-18(2)14-26(33)32-12-10-19-6-9-22(15-23(19)27(32)20-4-7-21(29)8-5-20)36-16-25-31-24(17-37-25)28(34)30-11-13-35-3/h4-9,15,17-18,27H,10-14,16H2,1-3H3,(H,30,34). The molecule has 2 amide bonds. The van der Waals surface area contributed by atoms with Crippen molar-refractivity contribution >= 4 is 23.2 Å². The van der Waals surface area contributed by atoms with Gasteiger partial charge in [0.25, 0.3) is 5.91 Å². The van der Waals surface area contributed by atoms with E-state index >= 15 is 0 Å². The summed E-state index contributed by atoms with van der Waals surface area (Å²) in [7, 11) is 1.58. The minimum atomic E-state index is -0.318. The van der Waals surface area contributed by atoms with Gasteiger partial charge in [-0.25, -0.2) is 9.37 Å². The maximum atomic E-state index is 13.7. The van der Waals surface area contributed by atoms with Crippen molar-refractivity contribution in [2.75, 3.05) is 26.8 Å². The molecule has 0 radical (unpaired) electrons. The Balaban J connectivity index is 1.53. The largest absolute Gasteiger partial charge is 0.486 e. The Morgan fingerprint density at radius 1 is 1.22 bits per heavy atom. The summed E-state index contributed by atoms with van der Waals surface area (Å²) in [4.78, 5) is 31.6. The molecule has 3 aromatic rings. The lowest BCUT2D eigenvalue weighted by molar-refractivity contribution is -0.134. The second kappa shape index (κ2) is 12.3. The van der Waals surface area contributed by atoms with Gasteiger partial charge in [0, 0.05) is 32.0 Å². The lowest BCUT2D eigenvalue weighted by atomic mass is 9.87. The van der Waals surface area contributed by atoms with Crippen LogP contribution in [0.25, 0.3) is 0 Å². The predicted molar refractivity (Wildman–Crippen MR) is 140 cm³/mol. The number of benzene rings is 2. The highest BCUT2D eigenvalue weighted by Crippen LogP contribution is 2.38. The summed E-state index contributed by atoms with van der Waals surface area (Å²) in [6, 6.07) is 11.9. The molecule has 0 saturated heterocycles. The van der Waals surface area contributed by atoms with Gasteiger partial charge in [0.15, 0.2) is 0 Å². The molecule has 1 aromatic heterocycles. The third-order valence-corrected chi connectivity index (χ3v) is 7.00. The molecule has 2 heterocycles. The van der Waals surface area contributed by atoms with Crippen molar-refractivity contribution in [3.05, 3.63) is 81.1 Å². The quantitative estimate of drug-likeness (QED) is 0.386. The number of aromatic nitrogens is 1. The molecule has 196 valence electrons. The van der Waals surface area contributed by atoms with Crippen LogP contribution in [-0.4, -0.2) is 48.5 Å². The monoisotopic (exact) mass is 525 g/mol. The summed E-state index contributed by atoms with van der Waals surface area (Å²) in [5, 5.41) is 5.14. The Morgan fingerprint density at radius 2 is 2.00 bits per heavy atom. The Kier molecular flexibility index (Phi) is 8.89. The van der Waals surface area contributed by atoms with Gasteiger partial charge in [-0.15, -0.1) is 11.3 Å². The van der Waals surface area contributed by atoms with E-state index in [0.29, 0.717) is 42.6 Å². The number of nitrogens with zero attached hydrogens (tertiary/aromatic N) is 2. The molecule has 37 heavy (non-hydrogen) atoms. The number of carbonyl (C=O) groups excluding carboxylic acids is 2. The Labute approximate surface area is 220 Å². The van der Waals surface area contributed by atoms with Crippen LogP contribution < -0.4 is 10.1 Å². The lowest BCUT2D eigenvalue weighted by Crippen LogP contribution is -2.41. The third kappa shape index (κ3) is 6.72. The molecule has 1 aliphatic heterocycles. The highest BCUT2D eigenvalue weighted by Gasteiger charge is 2.32. The van der Waals surface area contributed by atoms with Gasteiger partial charge < -0.3 is 19.7 Å². The van der Waals surface area contributed by atoms with Gasteiger partial charge in [-0.3, -0.25) is 9.59 Å². The topological polar surface area (TPSA) is 80.8 Å². The average Bonchev–Trinajstić information content (AvgIpc) is 3.36. The molecule has 7 nitrogen and oxygen atoms in total. The summed E-state index contributed by atoms with van der Waals surface area (Å²) < 4.78 is 24.7. The Bertz CT molecular complexity index is 1230. The van der Waals surface area contributed by atoms with Gasteiger partial charge in [-0.1, -0.05) is 32.0 Å². The molecular weight excluding hydrogens is 493 g/mol. The van der Waals surface area contributed by atoms with Crippen LogP contribution in [0, 0.1) is 11.7 Å². The number of carbonyl (C=O) groups is 2. The highest BCUT2D eigenvalue weighted by atomic mass is 32.1. The van der Waals surface area contributed by atoms with E-state index in [4.69, 9.17) is 9.47 Å². The molecule has 1 unspecified atom stereocenters. The normalized spacial score (nSPS) is 14.9. The number of amides is 2. The summed E-state index contributed by atoms with van der Waals surface area (Å²) in [6.07, 6.45) is 1.19. The molecule has 1 atom stereocenters. The van der Waals surface area contributed by atoms with Crippen LogP contribution in [0.15, 0.2) is 47.8 Å². The molecule has 0 spiro atoms. The zero-order valence-electron chi connectivity index (χ0n) is 21.3. The first-order chi connectivity index (χ1) is 17.9. The minimum Gasteiger partial charge on any atom is -0.486 e. The van der Waals surface area contributed by atoms with E-state index in [2.05, 4.69) is 10.3 Å². The van der Waals surface area contributed by atoms with Crippen molar-refractivity contribution in [3.63, 3.8) is 0 Å². The smallest absolute Gasteiger partial charge is 0.270 e. The molecule has 2 aromatic carbocycles. The van der Waals surface area contributed by atoms with Crippen LogP contribution in [0.3, 0.4) is 0 Å². The number of fused-ring (bicyclic) bond motifs is 1. The fraction of sp³-hybridized carbons (Fsp3) is 0.393. The van der Waals surface area contributed by atoms with Crippen LogP contribution in [0.4, 0.5) is 4.39 Å². The maximum Gasteiger partial charge on any atom is 0.270 e. The summed E-state index contributed by atoms with van der Waals surface area (Å²) in [5.74, 6) is 0.405. The predicted octanol–water partition coefficient (Wildman–Crippen LogP) is 4.76. The van der Waals surface area contributed by atoms with E-state index in [9.17, 15) is 14.0 Å². The van der Waals surface area contributed by atoms with Gasteiger partial charge in [0.2, 0.25) is 5.91 Å². The van der Waals surface area contributed by atoms with E-state index in [1.54, 1.807) is 24.6 Å². The zero-order valence-corrected chi connectivity index (χ0v) is 22.1. The second-order valence-electron chi connectivity index (χ2n) is 9.41. The minimum absolute atomic E-state index is 0.0837. The van der Waals surface area contributed by atoms with Gasteiger partial charge in [-0.2, -0.15) is 0 Å². The number of nitrogens with one attached hydrogen (secondary N) is 1. The van der Waals surface area contributed by atoms with Crippen molar-refractivity contribution in [2.45, 2.75) is 39.3 Å². The number of hydrogen-bond acceptors (Lipinski definition) is 6. The Hall–Kier alpha value is -3.30. The van der Waals surface area contributed by atoms with Gasteiger partial charge in [0.1, 0.15) is 28.9 Å². The number of methoxy groups -OCH3 is 1.